The highest BCUT2D eigenvalue weighted by molar-refractivity contribution is 6.30. The number of hydrogen-bond donors (Lipinski definition) is 2. The van der Waals surface area contributed by atoms with Crippen LogP contribution in [0.25, 0.3) is 0 Å². The molecule has 1 aliphatic carbocycles. The molecule has 0 aromatic heterocycles. The summed E-state index contributed by atoms with van der Waals surface area (Å²) in [4.78, 5) is 13.4. The Morgan fingerprint density at radius 3 is 2.53 bits per heavy atom. The van der Waals surface area contributed by atoms with Crippen LogP contribution in [0.15, 0.2) is 72.8 Å². The summed E-state index contributed by atoms with van der Waals surface area (Å²) in [7, 11) is 0. The number of amides is 1. The molecule has 0 radical (unpaired) electrons. The Morgan fingerprint density at radius 2 is 1.84 bits per heavy atom. The third-order valence-electron chi connectivity index (χ3n) is 7.33. The molecule has 0 heterocycles. The Bertz CT molecular complexity index is 1290. The Morgan fingerprint density at radius 1 is 1.11 bits per heavy atom. The summed E-state index contributed by atoms with van der Waals surface area (Å²) in [6.07, 6.45) is 4.30. The van der Waals surface area contributed by atoms with E-state index >= 15 is 0 Å². The molecule has 6 heteroatoms. The lowest BCUT2D eigenvalue weighted by Crippen LogP contribution is -2.43. The van der Waals surface area contributed by atoms with Crippen LogP contribution in [0.3, 0.4) is 0 Å². The summed E-state index contributed by atoms with van der Waals surface area (Å²) in [5.74, 6) is -0.195. The van der Waals surface area contributed by atoms with Gasteiger partial charge in [0.1, 0.15) is 0 Å². The van der Waals surface area contributed by atoms with Crippen molar-refractivity contribution in [1.82, 2.24) is 5.32 Å². The molecule has 0 spiro atoms. The van der Waals surface area contributed by atoms with Gasteiger partial charge in [-0.25, -0.2) is 0 Å². The van der Waals surface area contributed by atoms with Gasteiger partial charge in [-0.05, 0) is 79.6 Å². The number of ether oxygens (including phenoxy) is 1. The molecule has 1 fully saturated rings. The standard InChI is InChI=1S/C32H36ClN3O2/c1-23(26-11-8-12-29(33)18-26)36-30(37)27-15-25(16-28(17-27)32(21-34)13-6-7-14-32)20-38-22-31(2,35)19-24-9-4-3-5-10-24/h3-5,8-12,15-18,23H,6-7,13-14,19-20,22,35H2,1-2H3,(H,36,37). The minimum atomic E-state index is -0.570. The average Bonchev–Trinajstić information content (AvgIpc) is 3.39. The van der Waals surface area contributed by atoms with Crippen molar-refractivity contribution in [2.45, 2.75) is 69.6 Å². The number of carbonyl (C=O) groups is 1. The molecule has 38 heavy (non-hydrogen) atoms. The van der Waals surface area contributed by atoms with E-state index in [0.29, 0.717) is 30.2 Å². The van der Waals surface area contributed by atoms with Gasteiger partial charge in [-0.1, -0.05) is 73.0 Å². The van der Waals surface area contributed by atoms with Crippen LogP contribution < -0.4 is 11.1 Å². The molecule has 198 valence electrons. The molecule has 1 aliphatic rings. The molecule has 1 saturated carbocycles. The maximum Gasteiger partial charge on any atom is 0.251 e. The third kappa shape index (κ3) is 7.02. The number of hydrogen-bond acceptors (Lipinski definition) is 4. The van der Waals surface area contributed by atoms with Crippen LogP contribution in [0.2, 0.25) is 5.02 Å². The van der Waals surface area contributed by atoms with Crippen molar-refractivity contribution in [3.05, 3.63) is 106 Å². The van der Waals surface area contributed by atoms with Crippen LogP contribution in [-0.2, 0) is 23.2 Å². The molecule has 1 amide bonds. The van der Waals surface area contributed by atoms with Gasteiger partial charge < -0.3 is 15.8 Å². The first-order valence-corrected chi connectivity index (χ1v) is 13.6. The Labute approximate surface area is 231 Å². The number of carbonyl (C=O) groups excluding carboxylic acids is 1. The molecule has 0 aliphatic heterocycles. The summed E-state index contributed by atoms with van der Waals surface area (Å²) >= 11 is 6.15. The topological polar surface area (TPSA) is 88.1 Å². The van der Waals surface area contributed by atoms with Gasteiger partial charge in [0.2, 0.25) is 0 Å². The molecule has 3 aromatic carbocycles. The monoisotopic (exact) mass is 529 g/mol. The summed E-state index contributed by atoms with van der Waals surface area (Å²) in [5, 5.41) is 13.8. The van der Waals surface area contributed by atoms with Gasteiger partial charge >= 0.3 is 0 Å². The number of rotatable bonds is 10. The number of nitrogens with one attached hydrogen (secondary N) is 1. The fourth-order valence-corrected chi connectivity index (χ4v) is 5.48. The Hall–Kier alpha value is -3.17. The first kappa shape index (κ1) is 27.9. The molecule has 0 saturated heterocycles. The highest BCUT2D eigenvalue weighted by atomic mass is 35.5. The smallest absolute Gasteiger partial charge is 0.251 e. The van der Waals surface area contributed by atoms with Gasteiger partial charge in [-0.2, -0.15) is 5.26 Å². The number of benzene rings is 3. The van der Waals surface area contributed by atoms with Crippen molar-refractivity contribution >= 4 is 17.5 Å². The van der Waals surface area contributed by atoms with Crippen molar-refractivity contribution in [1.29, 1.82) is 5.26 Å². The van der Waals surface area contributed by atoms with E-state index in [-0.39, 0.29) is 11.9 Å². The summed E-state index contributed by atoms with van der Waals surface area (Å²) < 4.78 is 6.08. The summed E-state index contributed by atoms with van der Waals surface area (Å²) in [6, 6.07) is 25.7. The van der Waals surface area contributed by atoms with Crippen LogP contribution in [-0.4, -0.2) is 18.1 Å². The average molecular weight is 530 g/mol. The van der Waals surface area contributed by atoms with Crippen LogP contribution in [0.1, 0.15) is 78.2 Å². The van der Waals surface area contributed by atoms with E-state index in [9.17, 15) is 10.1 Å². The fraction of sp³-hybridized carbons (Fsp3) is 0.375. The summed E-state index contributed by atoms with van der Waals surface area (Å²) in [6.45, 7) is 4.58. The first-order chi connectivity index (χ1) is 18.2. The van der Waals surface area contributed by atoms with Crippen molar-refractivity contribution in [3.8, 4) is 6.07 Å². The molecular formula is C32H36ClN3O2. The molecule has 0 bridgehead atoms. The van der Waals surface area contributed by atoms with Crippen molar-refractivity contribution in [2.75, 3.05) is 6.61 Å². The van der Waals surface area contributed by atoms with Crippen LogP contribution in [0, 0.1) is 11.3 Å². The molecule has 4 rings (SSSR count). The minimum Gasteiger partial charge on any atom is -0.375 e. The van der Waals surface area contributed by atoms with E-state index in [1.54, 1.807) is 0 Å². The second kappa shape index (κ2) is 12.1. The first-order valence-electron chi connectivity index (χ1n) is 13.2. The van der Waals surface area contributed by atoms with Crippen LogP contribution in [0.4, 0.5) is 0 Å². The number of halogens is 1. The van der Waals surface area contributed by atoms with Gasteiger partial charge in [0.25, 0.3) is 5.91 Å². The third-order valence-corrected chi connectivity index (χ3v) is 7.56. The van der Waals surface area contributed by atoms with Gasteiger partial charge in [-0.3, -0.25) is 4.79 Å². The number of nitrogens with zero attached hydrogens (tertiary/aromatic N) is 1. The van der Waals surface area contributed by atoms with E-state index in [0.717, 1.165) is 47.9 Å². The second-order valence-electron chi connectivity index (χ2n) is 10.9. The van der Waals surface area contributed by atoms with Gasteiger partial charge in [0, 0.05) is 16.1 Å². The highest BCUT2D eigenvalue weighted by Crippen LogP contribution is 2.41. The van der Waals surface area contributed by atoms with Gasteiger partial charge in [0.15, 0.2) is 0 Å². The van der Waals surface area contributed by atoms with E-state index in [1.807, 2.05) is 74.5 Å². The van der Waals surface area contributed by atoms with Gasteiger partial charge in [0.05, 0.1) is 30.7 Å². The Balaban J connectivity index is 1.52. The van der Waals surface area contributed by atoms with E-state index in [1.165, 1.54) is 0 Å². The predicted molar refractivity (Wildman–Crippen MR) is 152 cm³/mol. The Kier molecular flexibility index (Phi) is 8.89. The number of nitriles is 1. The molecule has 2 unspecified atom stereocenters. The molecule has 3 N–H and O–H groups in total. The lowest BCUT2D eigenvalue weighted by molar-refractivity contribution is 0.0789. The van der Waals surface area contributed by atoms with Crippen molar-refractivity contribution < 1.29 is 9.53 Å². The molecular weight excluding hydrogens is 494 g/mol. The lowest BCUT2D eigenvalue weighted by atomic mass is 9.79. The van der Waals surface area contributed by atoms with Crippen molar-refractivity contribution in [2.24, 2.45) is 5.73 Å². The predicted octanol–water partition coefficient (Wildman–Crippen LogP) is 6.64. The zero-order valence-electron chi connectivity index (χ0n) is 22.2. The SMILES string of the molecule is CC(NC(=O)c1cc(COCC(C)(N)Cc2ccccc2)cc(C2(C#N)CCCC2)c1)c1cccc(Cl)c1. The van der Waals surface area contributed by atoms with Gasteiger partial charge in [-0.15, -0.1) is 0 Å². The zero-order chi connectivity index (χ0) is 27.2. The summed E-state index contributed by atoms with van der Waals surface area (Å²) in [5.41, 5.74) is 9.80. The maximum atomic E-state index is 13.4. The minimum absolute atomic E-state index is 0.195. The largest absolute Gasteiger partial charge is 0.375 e. The molecule has 2 atom stereocenters. The maximum absolute atomic E-state index is 13.4. The van der Waals surface area contributed by atoms with Crippen LogP contribution >= 0.6 is 11.6 Å². The number of nitrogens with two attached hydrogens (primary N) is 1. The normalized spacial score (nSPS) is 16.8. The van der Waals surface area contributed by atoms with Crippen molar-refractivity contribution in [3.63, 3.8) is 0 Å². The highest BCUT2D eigenvalue weighted by Gasteiger charge is 2.36. The van der Waals surface area contributed by atoms with E-state index in [2.05, 4.69) is 23.5 Å². The fourth-order valence-electron chi connectivity index (χ4n) is 5.28. The van der Waals surface area contributed by atoms with E-state index < -0.39 is 11.0 Å². The quantitative estimate of drug-likeness (QED) is 0.308. The molecule has 5 nitrogen and oxygen atoms in total. The second-order valence-corrected chi connectivity index (χ2v) is 11.3. The zero-order valence-corrected chi connectivity index (χ0v) is 22.9. The lowest BCUT2D eigenvalue weighted by Gasteiger charge is -2.26. The van der Waals surface area contributed by atoms with Crippen LogP contribution in [0.5, 0.6) is 0 Å². The molecule has 3 aromatic rings. The van der Waals surface area contributed by atoms with E-state index in [4.69, 9.17) is 22.1 Å².